The summed E-state index contributed by atoms with van der Waals surface area (Å²) in [4.78, 5) is 0. The van der Waals surface area contributed by atoms with Crippen LogP contribution in [-0.2, 0) is 6.54 Å². The number of hydrogen-bond donors (Lipinski definition) is 1. The van der Waals surface area contributed by atoms with Crippen LogP contribution in [0.2, 0.25) is 0 Å². The van der Waals surface area contributed by atoms with Crippen molar-refractivity contribution in [2.24, 2.45) is 23.7 Å². The van der Waals surface area contributed by atoms with Crippen molar-refractivity contribution in [3.8, 4) is 0 Å². The van der Waals surface area contributed by atoms with Gasteiger partial charge in [-0.15, -0.1) is 0 Å². The van der Waals surface area contributed by atoms with Gasteiger partial charge in [-0.3, -0.25) is 0 Å². The van der Waals surface area contributed by atoms with Gasteiger partial charge in [0.05, 0.1) is 0 Å². The van der Waals surface area contributed by atoms with E-state index in [1.165, 1.54) is 31.2 Å². The zero-order chi connectivity index (χ0) is 11.9. The van der Waals surface area contributed by atoms with E-state index in [0.717, 1.165) is 36.3 Å². The molecule has 0 aromatic heterocycles. The van der Waals surface area contributed by atoms with Crippen LogP contribution in [0.25, 0.3) is 0 Å². The lowest BCUT2D eigenvalue weighted by Gasteiger charge is -2.54. The molecule has 0 atom stereocenters. The molecule has 0 unspecified atom stereocenters. The van der Waals surface area contributed by atoms with Gasteiger partial charge in [0.1, 0.15) is 0 Å². The van der Waals surface area contributed by atoms with Gasteiger partial charge in [0, 0.05) is 12.6 Å². The Balaban J connectivity index is 1.43. The van der Waals surface area contributed by atoms with Crippen LogP contribution in [0.5, 0.6) is 0 Å². The van der Waals surface area contributed by atoms with Crippen molar-refractivity contribution in [1.29, 1.82) is 0 Å². The molecule has 0 aliphatic heterocycles. The Morgan fingerprint density at radius 1 is 0.833 bits per heavy atom. The summed E-state index contributed by atoms with van der Waals surface area (Å²) in [5.41, 5.74) is 1.44. The van der Waals surface area contributed by atoms with E-state index < -0.39 is 0 Å². The summed E-state index contributed by atoms with van der Waals surface area (Å²) in [7, 11) is 0. The first kappa shape index (κ1) is 11.0. The Kier molecular flexibility index (Phi) is 2.69. The second kappa shape index (κ2) is 4.38. The van der Waals surface area contributed by atoms with Gasteiger partial charge in [0.2, 0.25) is 0 Å². The first-order valence-electron chi connectivity index (χ1n) is 7.66. The maximum atomic E-state index is 3.88. The minimum Gasteiger partial charge on any atom is -0.309 e. The van der Waals surface area contributed by atoms with E-state index >= 15 is 0 Å². The van der Waals surface area contributed by atoms with Crippen molar-refractivity contribution in [3.63, 3.8) is 0 Å². The molecular formula is C17H23N. The molecule has 0 saturated heterocycles. The second-order valence-electron chi connectivity index (χ2n) is 6.82. The smallest absolute Gasteiger partial charge is 0.0208 e. The highest BCUT2D eigenvalue weighted by atomic mass is 14.9. The summed E-state index contributed by atoms with van der Waals surface area (Å²) in [6.07, 6.45) is 7.61. The normalized spacial score (nSPS) is 41.2. The highest BCUT2D eigenvalue weighted by molar-refractivity contribution is 5.15. The lowest BCUT2D eigenvalue weighted by Crippen LogP contribution is -2.54. The van der Waals surface area contributed by atoms with E-state index in [-0.39, 0.29) is 0 Å². The average Bonchev–Trinajstić information content (AvgIpc) is 2.38. The van der Waals surface area contributed by atoms with Gasteiger partial charge in [-0.05, 0) is 61.3 Å². The van der Waals surface area contributed by atoms with Crippen molar-refractivity contribution < 1.29 is 0 Å². The topological polar surface area (TPSA) is 12.0 Å². The molecule has 1 aromatic rings. The summed E-state index contributed by atoms with van der Waals surface area (Å²) in [6, 6.07) is 11.7. The molecule has 1 heteroatoms. The predicted molar refractivity (Wildman–Crippen MR) is 74.1 cm³/mol. The number of rotatable bonds is 3. The van der Waals surface area contributed by atoms with E-state index in [0.29, 0.717) is 0 Å². The van der Waals surface area contributed by atoms with E-state index in [9.17, 15) is 0 Å². The fourth-order valence-corrected chi connectivity index (χ4v) is 5.09. The molecule has 0 spiro atoms. The Morgan fingerprint density at radius 2 is 1.44 bits per heavy atom. The quantitative estimate of drug-likeness (QED) is 0.852. The molecule has 4 aliphatic rings. The van der Waals surface area contributed by atoms with Crippen LogP contribution in [0.15, 0.2) is 30.3 Å². The van der Waals surface area contributed by atoms with Gasteiger partial charge in [0.15, 0.2) is 0 Å². The van der Waals surface area contributed by atoms with Crippen molar-refractivity contribution in [3.05, 3.63) is 35.9 Å². The molecule has 5 rings (SSSR count). The summed E-state index contributed by atoms with van der Waals surface area (Å²) in [5.74, 6) is 4.15. The Hall–Kier alpha value is -0.820. The fourth-order valence-electron chi connectivity index (χ4n) is 5.09. The molecular weight excluding hydrogens is 218 g/mol. The molecule has 0 radical (unpaired) electrons. The first-order chi connectivity index (χ1) is 8.88. The molecule has 18 heavy (non-hydrogen) atoms. The fraction of sp³-hybridized carbons (Fsp3) is 0.647. The third kappa shape index (κ3) is 1.89. The van der Waals surface area contributed by atoms with E-state index in [2.05, 4.69) is 35.6 Å². The molecule has 96 valence electrons. The molecule has 1 N–H and O–H groups in total. The third-order valence-corrected chi connectivity index (χ3v) is 5.61. The Bertz CT molecular complexity index is 383. The Morgan fingerprint density at radius 3 is 2.06 bits per heavy atom. The van der Waals surface area contributed by atoms with E-state index in [1.54, 1.807) is 6.42 Å². The summed E-state index contributed by atoms with van der Waals surface area (Å²) in [6.45, 7) is 1.06. The maximum absolute atomic E-state index is 3.88. The van der Waals surface area contributed by atoms with Crippen molar-refractivity contribution in [2.75, 3.05) is 0 Å². The Labute approximate surface area is 110 Å². The van der Waals surface area contributed by atoms with Crippen LogP contribution in [0.4, 0.5) is 0 Å². The highest BCUT2D eigenvalue weighted by Crippen LogP contribution is 2.53. The van der Waals surface area contributed by atoms with Gasteiger partial charge < -0.3 is 5.32 Å². The summed E-state index contributed by atoms with van der Waals surface area (Å²) in [5, 5.41) is 3.88. The zero-order valence-electron chi connectivity index (χ0n) is 11.0. The van der Waals surface area contributed by atoms with Crippen LogP contribution in [0, 0.1) is 23.7 Å². The molecule has 0 heterocycles. The van der Waals surface area contributed by atoms with Crippen LogP contribution in [0.3, 0.4) is 0 Å². The van der Waals surface area contributed by atoms with Crippen molar-refractivity contribution in [1.82, 2.24) is 5.32 Å². The minimum absolute atomic E-state index is 0.818. The van der Waals surface area contributed by atoms with Crippen LogP contribution >= 0.6 is 0 Å². The van der Waals surface area contributed by atoms with Crippen molar-refractivity contribution >= 4 is 0 Å². The van der Waals surface area contributed by atoms with E-state index in [1.807, 2.05) is 0 Å². The zero-order valence-corrected chi connectivity index (χ0v) is 11.0. The third-order valence-electron chi connectivity index (χ3n) is 5.61. The molecule has 1 nitrogen and oxygen atoms in total. The van der Waals surface area contributed by atoms with Crippen LogP contribution < -0.4 is 5.32 Å². The lowest BCUT2D eigenvalue weighted by molar-refractivity contribution is -0.0142. The van der Waals surface area contributed by atoms with Crippen LogP contribution in [-0.4, -0.2) is 6.04 Å². The molecule has 0 amide bonds. The first-order valence-corrected chi connectivity index (χ1v) is 7.66. The lowest BCUT2D eigenvalue weighted by atomic mass is 9.54. The van der Waals surface area contributed by atoms with Gasteiger partial charge in [-0.25, -0.2) is 0 Å². The van der Waals surface area contributed by atoms with Gasteiger partial charge in [-0.2, -0.15) is 0 Å². The number of hydrogen-bond acceptors (Lipinski definition) is 1. The predicted octanol–water partition coefficient (Wildman–Crippen LogP) is 3.60. The maximum Gasteiger partial charge on any atom is 0.0208 e. The molecule has 4 saturated carbocycles. The molecule has 4 aliphatic carbocycles. The minimum atomic E-state index is 0.818. The highest BCUT2D eigenvalue weighted by Gasteiger charge is 2.47. The summed E-state index contributed by atoms with van der Waals surface area (Å²) < 4.78 is 0. The molecule has 4 fully saturated rings. The monoisotopic (exact) mass is 241 g/mol. The van der Waals surface area contributed by atoms with Crippen molar-refractivity contribution in [2.45, 2.75) is 44.7 Å². The average molecular weight is 241 g/mol. The van der Waals surface area contributed by atoms with Crippen LogP contribution in [0.1, 0.15) is 37.7 Å². The standard InChI is InChI=1S/C17H23N/c1-2-4-12(5-3-1)11-18-17-15-7-13-6-14(9-15)10-16(17)8-13/h1-5,13-18H,6-11H2/t13-,14?,15-,16+,17-. The van der Waals surface area contributed by atoms with Gasteiger partial charge >= 0.3 is 0 Å². The summed E-state index contributed by atoms with van der Waals surface area (Å²) >= 11 is 0. The largest absolute Gasteiger partial charge is 0.309 e. The molecule has 4 bridgehead atoms. The molecule has 1 aromatic carbocycles. The number of benzene rings is 1. The van der Waals surface area contributed by atoms with Gasteiger partial charge in [-0.1, -0.05) is 30.3 Å². The van der Waals surface area contributed by atoms with Gasteiger partial charge in [0.25, 0.3) is 0 Å². The SMILES string of the molecule is c1ccc(CN[C@H]2[C@@H]3CC4C[C@@H](C3)C[C@@H]2C4)cc1. The van der Waals surface area contributed by atoms with E-state index in [4.69, 9.17) is 0 Å². The number of nitrogens with one attached hydrogen (secondary N) is 1. The second-order valence-corrected chi connectivity index (χ2v) is 6.82.